The highest BCUT2D eigenvalue weighted by Gasteiger charge is 2.26. The molecule has 3 rings (SSSR count). The fourth-order valence-electron chi connectivity index (χ4n) is 5.24. The van der Waals surface area contributed by atoms with E-state index in [-0.39, 0.29) is 18.6 Å². The molecule has 242 valence electrons. The summed E-state index contributed by atoms with van der Waals surface area (Å²) in [4.78, 5) is 23.7. The Balaban J connectivity index is 1.60. The van der Waals surface area contributed by atoms with E-state index in [0.29, 0.717) is 66.1 Å². The van der Waals surface area contributed by atoms with Crippen molar-refractivity contribution in [3.8, 4) is 5.75 Å². The molecule has 1 fully saturated rings. The summed E-state index contributed by atoms with van der Waals surface area (Å²) in [5.41, 5.74) is 2.43. The van der Waals surface area contributed by atoms with Crippen LogP contribution in [0.5, 0.6) is 5.75 Å². The van der Waals surface area contributed by atoms with Crippen molar-refractivity contribution in [2.24, 2.45) is 27.8 Å². The van der Waals surface area contributed by atoms with E-state index in [1.165, 1.54) is 0 Å². The molecule has 1 unspecified atom stereocenters. The van der Waals surface area contributed by atoms with E-state index < -0.39 is 0 Å². The lowest BCUT2D eigenvalue weighted by Gasteiger charge is -2.37. The second-order valence-electron chi connectivity index (χ2n) is 12.1. The highest BCUT2D eigenvalue weighted by atomic mass is 35.5. The van der Waals surface area contributed by atoms with Gasteiger partial charge < -0.3 is 20.2 Å². The molecule has 0 spiro atoms. The zero-order valence-corrected chi connectivity index (χ0v) is 28.2. The van der Waals surface area contributed by atoms with Crippen LogP contribution in [-0.2, 0) is 16.1 Å². The van der Waals surface area contributed by atoms with Gasteiger partial charge in [-0.05, 0) is 41.7 Å². The standard InChI is InChI=1S/C33H48Cl2N6O3/c1-24(2)18-40(19-25(3)4)21-33(42)41-14-12-39(13-15-41)20-32(30-11-8-27(34)16-31(30)35)44-22-26-6-9-29(10-7-26)43-23-28(38-36)17-37-5/h6-11,16-17,24-25,32H,12-15,18-23,36H2,1-5H3/b37-17?,38-28+. The first-order chi connectivity index (χ1) is 21.1. The number of hydrogen-bond acceptors (Lipinski definition) is 8. The van der Waals surface area contributed by atoms with E-state index in [1.54, 1.807) is 19.3 Å². The van der Waals surface area contributed by atoms with Crippen molar-refractivity contribution in [3.63, 3.8) is 0 Å². The Bertz CT molecular complexity index is 1220. The van der Waals surface area contributed by atoms with Gasteiger partial charge in [0.1, 0.15) is 18.1 Å². The van der Waals surface area contributed by atoms with Crippen LogP contribution in [-0.4, -0.2) is 98.5 Å². The molecule has 1 aliphatic rings. The predicted octanol–water partition coefficient (Wildman–Crippen LogP) is 5.40. The maximum Gasteiger partial charge on any atom is 0.236 e. The van der Waals surface area contributed by atoms with Crippen LogP contribution in [0.25, 0.3) is 0 Å². The Morgan fingerprint density at radius 1 is 1.02 bits per heavy atom. The summed E-state index contributed by atoms with van der Waals surface area (Å²) in [6.07, 6.45) is 1.29. The number of halogens is 2. The molecule has 9 nitrogen and oxygen atoms in total. The molecule has 1 saturated heterocycles. The number of piperazine rings is 1. The molecule has 0 aliphatic carbocycles. The second-order valence-corrected chi connectivity index (χ2v) is 12.9. The lowest BCUT2D eigenvalue weighted by molar-refractivity contribution is -0.134. The molecule has 2 aromatic rings. The van der Waals surface area contributed by atoms with Gasteiger partial charge in [-0.3, -0.25) is 19.6 Å². The van der Waals surface area contributed by atoms with Gasteiger partial charge >= 0.3 is 0 Å². The van der Waals surface area contributed by atoms with Gasteiger partial charge in [0.15, 0.2) is 0 Å². The summed E-state index contributed by atoms with van der Waals surface area (Å²) in [5.74, 6) is 7.32. The van der Waals surface area contributed by atoms with Gasteiger partial charge in [-0.2, -0.15) is 5.10 Å². The molecular formula is C33H48Cl2N6O3. The van der Waals surface area contributed by atoms with Crippen LogP contribution in [0.2, 0.25) is 10.0 Å². The number of ether oxygens (including phenoxy) is 2. The Morgan fingerprint density at radius 3 is 2.25 bits per heavy atom. The van der Waals surface area contributed by atoms with E-state index in [0.717, 1.165) is 37.3 Å². The SMILES string of the molecule is CN=C/C(COc1ccc(COC(CN2CCN(C(=O)CN(CC(C)C)CC(C)C)CC2)c2ccc(Cl)cc2Cl)cc1)=N\N. The van der Waals surface area contributed by atoms with Crippen molar-refractivity contribution >= 4 is 41.0 Å². The number of amides is 1. The Hall–Kier alpha value is -2.69. The third-order valence-electron chi connectivity index (χ3n) is 7.27. The van der Waals surface area contributed by atoms with Gasteiger partial charge in [-0.15, -0.1) is 0 Å². The number of hydrazone groups is 1. The monoisotopic (exact) mass is 646 g/mol. The molecule has 0 saturated carbocycles. The highest BCUT2D eigenvalue weighted by Crippen LogP contribution is 2.30. The first-order valence-corrected chi connectivity index (χ1v) is 16.0. The van der Waals surface area contributed by atoms with Crippen molar-refractivity contribution in [2.45, 2.75) is 40.4 Å². The van der Waals surface area contributed by atoms with E-state index in [2.05, 4.69) is 47.6 Å². The fraction of sp³-hybridized carbons (Fsp3) is 0.545. The van der Waals surface area contributed by atoms with E-state index >= 15 is 0 Å². The van der Waals surface area contributed by atoms with Gasteiger partial charge in [0, 0.05) is 74.7 Å². The lowest BCUT2D eigenvalue weighted by Crippen LogP contribution is -2.52. The highest BCUT2D eigenvalue weighted by molar-refractivity contribution is 6.35. The van der Waals surface area contributed by atoms with Gasteiger partial charge in [-0.25, -0.2) is 0 Å². The van der Waals surface area contributed by atoms with Crippen LogP contribution in [0.3, 0.4) is 0 Å². The molecule has 0 aromatic heterocycles. The average Bonchev–Trinajstić information content (AvgIpc) is 2.97. The molecule has 2 aromatic carbocycles. The molecule has 1 heterocycles. The molecule has 1 aliphatic heterocycles. The predicted molar refractivity (Wildman–Crippen MR) is 181 cm³/mol. The van der Waals surface area contributed by atoms with Crippen LogP contribution < -0.4 is 10.6 Å². The summed E-state index contributed by atoms with van der Waals surface area (Å²) in [5, 5.41) is 4.82. The number of rotatable bonds is 16. The minimum atomic E-state index is -0.276. The molecule has 11 heteroatoms. The molecule has 44 heavy (non-hydrogen) atoms. The quantitative estimate of drug-likeness (QED) is 0.149. The Morgan fingerprint density at radius 2 is 1.68 bits per heavy atom. The van der Waals surface area contributed by atoms with Crippen LogP contribution in [0.15, 0.2) is 52.6 Å². The second kappa shape index (κ2) is 18.3. The number of nitrogens with two attached hydrogens (primary N) is 1. The largest absolute Gasteiger partial charge is 0.487 e. The van der Waals surface area contributed by atoms with Crippen LogP contribution in [0.1, 0.15) is 44.9 Å². The van der Waals surface area contributed by atoms with Crippen molar-refractivity contribution < 1.29 is 14.3 Å². The normalized spacial score (nSPS) is 15.6. The summed E-state index contributed by atoms with van der Waals surface area (Å²) < 4.78 is 12.2. The minimum absolute atomic E-state index is 0.206. The average molecular weight is 648 g/mol. The number of carbonyl (C=O) groups excluding carboxylic acids is 1. The third-order valence-corrected chi connectivity index (χ3v) is 7.83. The van der Waals surface area contributed by atoms with Crippen molar-refractivity contribution in [1.29, 1.82) is 0 Å². The van der Waals surface area contributed by atoms with Gasteiger partial charge in [0.25, 0.3) is 0 Å². The zero-order chi connectivity index (χ0) is 32.1. The molecule has 0 bridgehead atoms. The van der Waals surface area contributed by atoms with E-state index in [1.807, 2.05) is 41.3 Å². The number of aliphatic imine (C=N–C) groups is 1. The number of benzene rings is 2. The summed E-state index contributed by atoms with van der Waals surface area (Å²) >= 11 is 12.8. The number of carbonyl (C=O) groups is 1. The fourth-order valence-corrected chi connectivity index (χ4v) is 5.77. The molecule has 1 atom stereocenters. The summed E-state index contributed by atoms with van der Waals surface area (Å²) in [6, 6.07) is 13.2. The van der Waals surface area contributed by atoms with E-state index in [9.17, 15) is 4.79 Å². The maximum absolute atomic E-state index is 13.2. The first-order valence-electron chi connectivity index (χ1n) is 15.3. The molecule has 0 radical (unpaired) electrons. The van der Waals surface area contributed by atoms with Crippen molar-refractivity contribution in [1.82, 2.24) is 14.7 Å². The number of nitrogens with zero attached hydrogens (tertiary/aromatic N) is 5. The minimum Gasteiger partial charge on any atom is -0.487 e. The zero-order valence-electron chi connectivity index (χ0n) is 26.7. The smallest absolute Gasteiger partial charge is 0.236 e. The van der Waals surface area contributed by atoms with Gasteiger partial charge in [0.2, 0.25) is 5.91 Å². The first kappa shape index (κ1) is 35.8. The number of hydrogen-bond donors (Lipinski definition) is 1. The van der Waals surface area contributed by atoms with E-state index in [4.69, 9.17) is 38.5 Å². The van der Waals surface area contributed by atoms with Crippen molar-refractivity contribution in [2.75, 3.05) is 66.0 Å². The Kier molecular flexibility index (Phi) is 14.9. The van der Waals surface area contributed by atoms with Gasteiger partial charge in [-0.1, -0.05) is 69.1 Å². The summed E-state index contributed by atoms with van der Waals surface area (Å²) in [7, 11) is 1.66. The van der Waals surface area contributed by atoms with Gasteiger partial charge in [0.05, 0.1) is 19.3 Å². The van der Waals surface area contributed by atoms with Crippen molar-refractivity contribution in [3.05, 3.63) is 63.6 Å². The molecular weight excluding hydrogens is 599 g/mol. The van der Waals surface area contributed by atoms with Crippen LogP contribution >= 0.6 is 23.2 Å². The van der Waals surface area contributed by atoms with Crippen LogP contribution in [0.4, 0.5) is 0 Å². The molecule has 1 amide bonds. The maximum atomic E-state index is 13.2. The summed E-state index contributed by atoms with van der Waals surface area (Å²) in [6.45, 7) is 15.3. The Labute approximate surface area is 273 Å². The lowest BCUT2D eigenvalue weighted by atomic mass is 10.1. The molecule has 2 N–H and O–H groups in total. The van der Waals surface area contributed by atoms with Crippen LogP contribution in [0, 0.1) is 11.8 Å². The topological polar surface area (TPSA) is 96.0 Å². The third kappa shape index (κ3) is 12.0.